The number of nitrogens with one attached hydrogen (secondary N) is 4. The van der Waals surface area contributed by atoms with E-state index in [0.29, 0.717) is 24.0 Å². The van der Waals surface area contributed by atoms with Gasteiger partial charge in [0, 0.05) is 43.8 Å². The average Bonchev–Trinajstić information content (AvgIpc) is 3.94. The van der Waals surface area contributed by atoms with E-state index in [-0.39, 0.29) is 38.8 Å². The minimum atomic E-state index is -4.00. The number of carbonyl (C=O) groups is 7. The van der Waals surface area contributed by atoms with Crippen molar-refractivity contribution in [2.45, 2.75) is 113 Å². The van der Waals surface area contributed by atoms with Gasteiger partial charge in [-0.3, -0.25) is 33.6 Å². The molecule has 56 heavy (non-hydrogen) atoms. The third-order valence-corrected chi connectivity index (χ3v) is 12.0. The highest BCUT2D eigenvalue weighted by Gasteiger charge is 2.62. The lowest BCUT2D eigenvalue weighted by molar-refractivity contribution is -0.148. The van der Waals surface area contributed by atoms with Crippen LogP contribution in [0.5, 0.6) is 0 Å². The fourth-order valence-electron chi connectivity index (χ4n) is 7.00. The highest BCUT2D eigenvalue weighted by molar-refractivity contribution is 7.91. The summed E-state index contributed by atoms with van der Waals surface area (Å²) in [5.41, 5.74) is -1.80. The van der Waals surface area contributed by atoms with E-state index in [1.807, 2.05) is 0 Å². The molecule has 304 valence electrons. The Labute approximate surface area is 322 Å². The van der Waals surface area contributed by atoms with E-state index in [1.165, 1.54) is 23.1 Å². The van der Waals surface area contributed by atoms with Gasteiger partial charge in [-0.15, -0.1) is 6.58 Å². The number of fused-ring (bicyclic) bond motifs is 1. The summed E-state index contributed by atoms with van der Waals surface area (Å²) in [5, 5.41) is 6.80. The number of sulfonamides is 1. The van der Waals surface area contributed by atoms with Crippen LogP contribution in [0.3, 0.4) is 0 Å². The van der Waals surface area contributed by atoms with Gasteiger partial charge in [0.15, 0.2) is 6.10 Å². The van der Waals surface area contributed by atoms with Gasteiger partial charge < -0.3 is 35.1 Å². The zero-order chi connectivity index (χ0) is 40.7. The number of carbonyl (C=O) groups excluding carboxylic acids is 7. The summed E-state index contributed by atoms with van der Waals surface area (Å²) in [5.74, 6) is -5.24. The lowest BCUT2D eigenvalue weighted by Gasteiger charge is -2.30. The van der Waals surface area contributed by atoms with Crippen LogP contribution in [0.15, 0.2) is 30.9 Å². The highest BCUT2D eigenvalue weighted by Crippen LogP contribution is 2.45. The molecule has 0 bridgehead atoms. The first kappa shape index (κ1) is 40.4. The lowest BCUT2D eigenvalue weighted by Crippen LogP contribution is -2.60. The quantitative estimate of drug-likeness (QED) is 0.129. The molecular formula is C36H45FN6O12S. The number of hydrogen-bond donors (Lipinski definition) is 4. The van der Waals surface area contributed by atoms with Gasteiger partial charge in [0.05, 0.1) is 18.3 Å². The number of alkyl carbamates (subject to hydrolysis) is 1. The van der Waals surface area contributed by atoms with Crippen LogP contribution < -0.4 is 20.7 Å². The van der Waals surface area contributed by atoms with Crippen molar-refractivity contribution >= 4 is 51.8 Å². The number of cyclic esters (lactones) is 1. The number of amides is 6. The summed E-state index contributed by atoms with van der Waals surface area (Å²) in [6.07, 6.45) is -2.14. The molecule has 5 aliphatic rings. The van der Waals surface area contributed by atoms with Gasteiger partial charge in [-0.2, -0.15) is 0 Å². The SMILES string of the molecule is C=C[C@@H]1C[C@]1(NC(=O)[C@@H]1C[C@@H](OC(=O)N2Cc3cccc(F)c3C2)CN1C(=O)[C@H](CNC(=O)[C@H]1CCC(=O)O1)NC(=O)OC(C)(C)C)C(=O)NS(=O)(=O)C1CC1. The molecule has 1 aromatic rings. The van der Waals surface area contributed by atoms with Gasteiger partial charge in [-0.1, -0.05) is 18.2 Å². The second-order valence-electron chi connectivity index (χ2n) is 15.6. The first-order chi connectivity index (χ1) is 26.3. The molecule has 2 aliphatic carbocycles. The fraction of sp³-hybridized carbons (Fsp3) is 0.583. The van der Waals surface area contributed by atoms with E-state index in [0.717, 1.165) is 4.90 Å². The normalized spacial score (nSPS) is 26.0. The molecule has 6 rings (SSSR count). The number of hydrogen-bond acceptors (Lipinski definition) is 12. The summed E-state index contributed by atoms with van der Waals surface area (Å²) in [6, 6.07) is 1.44. The van der Waals surface area contributed by atoms with Crippen molar-refractivity contribution < 1.29 is 60.6 Å². The molecule has 18 nitrogen and oxygen atoms in total. The molecule has 0 spiro atoms. The average molecular weight is 805 g/mol. The molecule has 2 saturated heterocycles. The number of esters is 1. The molecule has 2 saturated carbocycles. The van der Waals surface area contributed by atoms with Crippen molar-refractivity contribution in [1.29, 1.82) is 0 Å². The number of nitrogens with zero attached hydrogens (tertiary/aromatic N) is 2. The molecule has 0 unspecified atom stereocenters. The van der Waals surface area contributed by atoms with E-state index < -0.39 is 117 Å². The van der Waals surface area contributed by atoms with Gasteiger partial charge >= 0.3 is 18.2 Å². The zero-order valence-corrected chi connectivity index (χ0v) is 31.9. The Hall–Kier alpha value is -5.27. The Balaban J connectivity index is 1.23. The largest absolute Gasteiger partial charge is 0.452 e. The lowest BCUT2D eigenvalue weighted by atomic mass is 10.1. The van der Waals surface area contributed by atoms with Crippen LogP contribution >= 0.6 is 0 Å². The molecule has 3 heterocycles. The summed E-state index contributed by atoms with van der Waals surface area (Å²) in [6.45, 7) is 7.49. The predicted octanol–water partition coefficient (Wildman–Crippen LogP) is 0.632. The van der Waals surface area contributed by atoms with Crippen LogP contribution in [0.2, 0.25) is 0 Å². The summed E-state index contributed by atoms with van der Waals surface area (Å²) in [4.78, 5) is 95.1. The van der Waals surface area contributed by atoms with Crippen LogP contribution in [-0.4, -0.2) is 114 Å². The Kier molecular flexibility index (Phi) is 11.1. The molecule has 6 atom stereocenters. The third-order valence-electron chi connectivity index (χ3n) is 10.2. The minimum Gasteiger partial charge on any atom is -0.452 e. The third kappa shape index (κ3) is 8.89. The van der Waals surface area contributed by atoms with E-state index in [9.17, 15) is 46.4 Å². The number of benzene rings is 1. The number of rotatable bonds is 12. The maximum absolute atomic E-state index is 14.4. The number of halogens is 1. The predicted molar refractivity (Wildman–Crippen MR) is 191 cm³/mol. The van der Waals surface area contributed by atoms with Gasteiger partial charge in [0.25, 0.3) is 11.8 Å². The molecule has 6 amide bonds. The van der Waals surface area contributed by atoms with Crippen molar-refractivity contribution in [2.24, 2.45) is 5.92 Å². The van der Waals surface area contributed by atoms with Crippen molar-refractivity contribution in [2.75, 3.05) is 13.1 Å². The smallest absolute Gasteiger partial charge is 0.410 e. The topological polar surface area (TPSA) is 236 Å². The molecule has 3 aliphatic heterocycles. The van der Waals surface area contributed by atoms with Crippen molar-refractivity contribution in [3.05, 3.63) is 47.8 Å². The maximum Gasteiger partial charge on any atom is 0.410 e. The van der Waals surface area contributed by atoms with Gasteiger partial charge in [-0.25, -0.2) is 22.4 Å². The van der Waals surface area contributed by atoms with Crippen molar-refractivity contribution in [3.63, 3.8) is 0 Å². The van der Waals surface area contributed by atoms with Crippen LogP contribution in [0, 0.1) is 11.7 Å². The number of likely N-dealkylation sites (tertiary alicyclic amines) is 1. The first-order valence-corrected chi connectivity index (χ1v) is 19.8. The number of ether oxygens (including phenoxy) is 3. The maximum atomic E-state index is 14.4. The second-order valence-corrected chi connectivity index (χ2v) is 17.6. The monoisotopic (exact) mass is 804 g/mol. The Morgan fingerprint density at radius 2 is 1.84 bits per heavy atom. The van der Waals surface area contributed by atoms with E-state index in [1.54, 1.807) is 26.8 Å². The summed E-state index contributed by atoms with van der Waals surface area (Å²) >= 11 is 0. The van der Waals surface area contributed by atoms with Crippen LogP contribution in [-0.2, 0) is 61.3 Å². The summed E-state index contributed by atoms with van der Waals surface area (Å²) in [7, 11) is -4.00. The standard InChI is InChI=1S/C36H45FN6O12S/c1-5-20-14-36(20,32(48)41-56(51,52)22-9-10-22)40-29(45)26-13-21(53-34(50)42-16-19-7-6-8-24(37)23(19)18-42)17-43(26)31(47)25(39-33(49)55-35(2,3)4)15-38-30(46)27-11-12-28(44)54-27/h5-8,20-22,25-27H,1,9-18H2,2-4H3,(H,38,46)(H,39,49)(H,40,45)(H,41,48)/t20-,21-,25+,26+,27-,36-/m1/s1. The molecule has 0 radical (unpaired) electrons. The zero-order valence-electron chi connectivity index (χ0n) is 31.1. The second kappa shape index (κ2) is 15.3. The van der Waals surface area contributed by atoms with Crippen LogP contribution in [0.1, 0.15) is 70.4 Å². The van der Waals surface area contributed by atoms with Gasteiger partial charge in [0.1, 0.15) is 35.1 Å². The van der Waals surface area contributed by atoms with E-state index in [2.05, 4.69) is 27.3 Å². The highest BCUT2D eigenvalue weighted by atomic mass is 32.2. The minimum absolute atomic E-state index is 0.0124. The Morgan fingerprint density at radius 3 is 2.45 bits per heavy atom. The van der Waals surface area contributed by atoms with Crippen molar-refractivity contribution in [1.82, 2.24) is 30.5 Å². The Bertz CT molecular complexity index is 1950. The first-order valence-electron chi connectivity index (χ1n) is 18.3. The summed E-state index contributed by atoms with van der Waals surface area (Å²) < 4.78 is 57.9. The van der Waals surface area contributed by atoms with Gasteiger partial charge in [0.2, 0.25) is 21.8 Å². The van der Waals surface area contributed by atoms with Crippen molar-refractivity contribution in [3.8, 4) is 0 Å². The molecular weight excluding hydrogens is 759 g/mol. The van der Waals surface area contributed by atoms with E-state index >= 15 is 0 Å². The van der Waals surface area contributed by atoms with Crippen LogP contribution in [0.4, 0.5) is 14.0 Å². The molecule has 4 N–H and O–H groups in total. The molecule has 0 aromatic heterocycles. The van der Waals surface area contributed by atoms with Gasteiger partial charge in [-0.05, 0) is 51.7 Å². The molecule has 1 aromatic carbocycles. The van der Waals surface area contributed by atoms with E-state index in [4.69, 9.17) is 14.2 Å². The molecule has 20 heteroatoms. The fourth-order valence-corrected chi connectivity index (χ4v) is 8.36. The Morgan fingerprint density at radius 1 is 1.11 bits per heavy atom. The molecule has 4 fully saturated rings. The van der Waals surface area contributed by atoms with Crippen LogP contribution in [0.25, 0.3) is 0 Å².